The molecule has 27 heavy (non-hydrogen) atoms. The molecule has 7 nitrogen and oxygen atoms in total. The van der Waals surface area contributed by atoms with Gasteiger partial charge in [-0.3, -0.25) is 4.99 Å². The second kappa shape index (κ2) is 20.6. The highest BCUT2D eigenvalue weighted by Gasteiger charge is 2.13. The first-order valence-corrected chi connectivity index (χ1v) is 10.1. The van der Waals surface area contributed by atoms with Gasteiger partial charge in [0.05, 0.1) is 13.2 Å². The molecule has 0 unspecified atom stereocenters. The van der Waals surface area contributed by atoms with Gasteiger partial charge in [0.1, 0.15) is 0 Å². The molecule has 0 radical (unpaired) electrons. The molecular weight excluding hydrogens is 461 g/mol. The van der Waals surface area contributed by atoms with Crippen LogP contribution in [0.15, 0.2) is 4.99 Å². The van der Waals surface area contributed by atoms with E-state index < -0.39 is 0 Å². The van der Waals surface area contributed by atoms with Gasteiger partial charge in [-0.05, 0) is 44.9 Å². The van der Waals surface area contributed by atoms with Crippen LogP contribution in [0.2, 0.25) is 0 Å². The predicted molar refractivity (Wildman–Crippen MR) is 120 cm³/mol. The van der Waals surface area contributed by atoms with Crippen LogP contribution < -0.4 is 10.6 Å². The second-order valence-corrected chi connectivity index (χ2v) is 6.48. The Morgan fingerprint density at radius 2 is 1.78 bits per heavy atom. The van der Waals surface area contributed by atoms with E-state index in [1.807, 2.05) is 0 Å². The summed E-state index contributed by atoms with van der Waals surface area (Å²) in [7, 11) is 1.69. The molecule has 162 valence electrons. The second-order valence-electron chi connectivity index (χ2n) is 6.48. The molecule has 1 heterocycles. The minimum absolute atomic E-state index is 0. The molecule has 1 saturated heterocycles. The molecule has 0 aromatic heterocycles. The average Bonchev–Trinajstić information content (AvgIpc) is 2.67. The molecule has 1 aliphatic rings. The van der Waals surface area contributed by atoms with E-state index >= 15 is 0 Å². The SMILES string of the molecule is CCNC(=NCCCOCC1CCOCC1)NCCCCOCCOC.I. The molecule has 2 N–H and O–H groups in total. The lowest BCUT2D eigenvalue weighted by atomic mass is 10.0. The van der Waals surface area contributed by atoms with Crippen molar-refractivity contribution in [2.24, 2.45) is 10.9 Å². The lowest BCUT2D eigenvalue weighted by Crippen LogP contribution is -2.38. The summed E-state index contributed by atoms with van der Waals surface area (Å²) >= 11 is 0. The van der Waals surface area contributed by atoms with Crippen LogP contribution in [0.5, 0.6) is 0 Å². The van der Waals surface area contributed by atoms with E-state index in [9.17, 15) is 0 Å². The molecule has 0 spiro atoms. The van der Waals surface area contributed by atoms with Gasteiger partial charge in [-0.25, -0.2) is 0 Å². The summed E-state index contributed by atoms with van der Waals surface area (Å²) in [6.45, 7) is 10.1. The van der Waals surface area contributed by atoms with Crippen LogP contribution in [0.1, 0.15) is 39.0 Å². The molecule has 0 aliphatic carbocycles. The molecular formula is C19H40IN3O4. The Balaban J connectivity index is 0.00000676. The summed E-state index contributed by atoms with van der Waals surface area (Å²) in [5.41, 5.74) is 0. The van der Waals surface area contributed by atoms with Crippen LogP contribution in [0.3, 0.4) is 0 Å². The first kappa shape index (κ1) is 26.8. The molecule has 1 rings (SSSR count). The third-order valence-corrected chi connectivity index (χ3v) is 4.20. The zero-order chi connectivity index (χ0) is 18.7. The lowest BCUT2D eigenvalue weighted by Gasteiger charge is -2.21. The van der Waals surface area contributed by atoms with Crippen LogP contribution in [-0.4, -0.2) is 79.0 Å². The van der Waals surface area contributed by atoms with Gasteiger partial charge in [-0.1, -0.05) is 0 Å². The van der Waals surface area contributed by atoms with E-state index in [1.165, 1.54) is 0 Å². The van der Waals surface area contributed by atoms with Crippen molar-refractivity contribution in [3.63, 3.8) is 0 Å². The largest absolute Gasteiger partial charge is 0.382 e. The minimum Gasteiger partial charge on any atom is -0.382 e. The van der Waals surface area contributed by atoms with Gasteiger partial charge >= 0.3 is 0 Å². The Morgan fingerprint density at radius 1 is 1.00 bits per heavy atom. The number of unbranched alkanes of at least 4 members (excludes halogenated alkanes) is 1. The van der Waals surface area contributed by atoms with Crippen molar-refractivity contribution >= 4 is 29.9 Å². The number of nitrogens with one attached hydrogen (secondary N) is 2. The molecule has 0 amide bonds. The fraction of sp³-hybridized carbons (Fsp3) is 0.947. The molecule has 0 saturated carbocycles. The number of methoxy groups -OCH3 is 1. The lowest BCUT2D eigenvalue weighted by molar-refractivity contribution is 0.0205. The van der Waals surface area contributed by atoms with Crippen molar-refractivity contribution in [2.45, 2.75) is 39.0 Å². The molecule has 0 atom stereocenters. The third-order valence-electron chi connectivity index (χ3n) is 4.20. The Labute approximate surface area is 182 Å². The molecule has 1 fully saturated rings. The number of rotatable bonds is 15. The van der Waals surface area contributed by atoms with Crippen molar-refractivity contribution < 1.29 is 18.9 Å². The molecule has 8 heteroatoms. The van der Waals surface area contributed by atoms with Gasteiger partial charge in [0.25, 0.3) is 0 Å². The number of guanidine groups is 1. The Hall–Kier alpha value is -0.160. The van der Waals surface area contributed by atoms with Crippen LogP contribution in [0, 0.1) is 5.92 Å². The standard InChI is InChI=1S/C19H39N3O4.HI/c1-3-20-19(21-9-4-5-11-24-16-15-23-2)22-10-6-12-26-17-18-7-13-25-14-8-18;/h18H,3-17H2,1-2H3,(H2,20,21,22);1H. The number of halogens is 1. The molecule has 0 aromatic rings. The first-order valence-electron chi connectivity index (χ1n) is 10.1. The van der Waals surface area contributed by atoms with Crippen molar-refractivity contribution in [1.82, 2.24) is 10.6 Å². The van der Waals surface area contributed by atoms with Gasteiger partial charge in [0, 0.05) is 59.8 Å². The van der Waals surface area contributed by atoms with Crippen molar-refractivity contribution in [1.29, 1.82) is 0 Å². The fourth-order valence-corrected chi connectivity index (χ4v) is 2.64. The maximum atomic E-state index is 5.78. The summed E-state index contributed by atoms with van der Waals surface area (Å²) in [5, 5.41) is 6.65. The highest BCUT2D eigenvalue weighted by Crippen LogP contribution is 2.14. The average molecular weight is 501 g/mol. The highest BCUT2D eigenvalue weighted by molar-refractivity contribution is 14.0. The van der Waals surface area contributed by atoms with E-state index in [4.69, 9.17) is 18.9 Å². The topological polar surface area (TPSA) is 73.3 Å². The van der Waals surface area contributed by atoms with E-state index in [-0.39, 0.29) is 24.0 Å². The molecule has 1 aliphatic heterocycles. The normalized spacial score (nSPS) is 15.4. The number of aliphatic imine (C=N–C) groups is 1. The summed E-state index contributed by atoms with van der Waals surface area (Å²) in [5.74, 6) is 1.56. The predicted octanol–water partition coefficient (Wildman–Crippen LogP) is 2.44. The summed E-state index contributed by atoms with van der Waals surface area (Å²) in [4.78, 5) is 4.60. The smallest absolute Gasteiger partial charge is 0.191 e. The Morgan fingerprint density at radius 3 is 2.52 bits per heavy atom. The van der Waals surface area contributed by atoms with E-state index in [2.05, 4.69) is 22.5 Å². The first-order chi connectivity index (χ1) is 12.9. The van der Waals surface area contributed by atoms with Gasteiger partial charge in [-0.15, -0.1) is 24.0 Å². The van der Waals surface area contributed by atoms with Gasteiger partial charge in [0.15, 0.2) is 5.96 Å². The van der Waals surface area contributed by atoms with Crippen molar-refractivity contribution in [3.8, 4) is 0 Å². The van der Waals surface area contributed by atoms with Crippen molar-refractivity contribution in [2.75, 3.05) is 73.0 Å². The minimum atomic E-state index is 0. The number of hydrogen-bond acceptors (Lipinski definition) is 5. The van der Waals surface area contributed by atoms with Crippen LogP contribution in [0.4, 0.5) is 0 Å². The summed E-state index contributed by atoms with van der Waals surface area (Å²) in [6.07, 6.45) is 5.31. The van der Waals surface area contributed by atoms with Crippen LogP contribution >= 0.6 is 24.0 Å². The Kier molecular flexibility index (Phi) is 20.4. The maximum Gasteiger partial charge on any atom is 0.191 e. The number of hydrogen-bond donors (Lipinski definition) is 2. The van der Waals surface area contributed by atoms with Crippen LogP contribution in [0.25, 0.3) is 0 Å². The summed E-state index contributed by atoms with van der Waals surface area (Å²) in [6, 6.07) is 0. The number of ether oxygens (including phenoxy) is 4. The zero-order valence-electron chi connectivity index (χ0n) is 17.2. The molecule has 0 aromatic carbocycles. The summed E-state index contributed by atoms with van der Waals surface area (Å²) < 4.78 is 21.5. The van der Waals surface area contributed by atoms with Gasteiger partial charge in [-0.2, -0.15) is 0 Å². The van der Waals surface area contributed by atoms with Gasteiger partial charge in [0.2, 0.25) is 0 Å². The fourth-order valence-electron chi connectivity index (χ4n) is 2.64. The van der Waals surface area contributed by atoms with Crippen LogP contribution in [-0.2, 0) is 18.9 Å². The molecule has 0 bridgehead atoms. The van der Waals surface area contributed by atoms with Gasteiger partial charge < -0.3 is 29.6 Å². The Bertz CT molecular complexity index is 343. The number of nitrogens with zero attached hydrogens (tertiary/aromatic N) is 1. The van der Waals surface area contributed by atoms with E-state index in [1.54, 1.807) is 7.11 Å². The zero-order valence-corrected chi connectivity index (χ0v) is 19.5. The maximum absolute atomic E-state index is 5.78. The highest BCUT2D eigenvalue weighted by atomic mass is 127. The quantitative estimate of drug-likeness (QED) is 0.156. The van der Waals surface area contributed by atoms with E-state index in [0.29, 0.717) is 19.1 Å². The van der Waals surface area contributed by atoms with Crippen molar-refractivity contribution in [3.05, 3.63) is 0 Å². The monoisotopic (exact) mass is 501 g/mol. The third kappa shape index (κ3) is 16.5. The van der Waals surface area contributed by atoms with E-state index in [0.717, 1.165) is 90.7 Å².